The van der Waals surface area contributed by atoms with Gasteiger partial charge in [0, 0.05) is 6.54 Å². The fourth-order valence-corrected chi connectivity index (χ4v) is 2.49. The van der Waals surface area contributed by atoms with E-state index in [2.05, 4.69) is 6.92 Å². The summed E-state index contributed by atoms with van der Waals surface area (Å²) in [5, 5.41) is 8.91. The Hall–Kier alpha value is -2.04. The molecular weight excluding hydrogens is 270 g/mol. The van der Waals surface area contributed by atoms with Crippen molar-refractivity contribution in [1.82, 2.24) is 0 Å². The van der Waals surface area contributed by atoms with Crippen molar-refractivity contribution in [3.63, 3.8) is 0 Å². The number of nitrogens with zero attached hydrogens (tertiary/aromatic N) is 1. The highest BCUT2D eigenvalue weighted by atomic mass is 16.5. The zero-order valence-corrected chi connectivity index (χ0v) is 12.2. The van der Waals surface area contributed by atoms with E-state index in [1.54, 1.807) is 11.0 Å². The molecule has 0 aliphatic carbocycles. The Labute approximate surface area is 124 Å². The molecule has 1 aliphatic rings. The van der Waals surface area contributed by atoms with Gasteiger partial charge in [-0.1, -0.05) is 38.3 Å². The number of rotatable bonds is 7. The van der Waals surface area contributed by atoms with Crippen LogP contribution in [0.3, 0.4) is 0 Å². The number of ether oxygens (including phenoxy) is 1. The third-order valence-electron chi connectivity index (χ3n) is 3.56. The van der Waals surface area contributed by atoms with Crippen molar-refractivity contribution in [3.8, 4) is 5.75 Å². The number of carboxylic acid groups (broad SMARTS) is 1. The molecule has 114 valence electrons. The summed E-state index contributed by atoms with van der Waals surface area (Å²) in [4.78, 5) is 25.0. The summed E-state index contributed by atoms with van der Waals surface area (Å²) in [5.41, 5.74) is 0.737. The molecule has 1 atom stereocenters. The summed E-state index contributed by atoms with van der Waals surface area (Å²) in [6.07, 6.45) is 3.01. The maximum Gasteiger partial charge on any atom is 0.307 e. The van der Waals surface area contributed by atoms with Crippen LogP contribution in [-0.2, 0) is 9.59 Å². The van der Waals surface area contributed by atoms with E-state index in [0.29, 0.717) is 12.3 Å². The zero-order valence-electron chi connectivity index (χ0n) is 12.2. The maximum atomic E-state index is 12.4. The van der Waals surface area contributed by atoms with Gasteiger partial charge in [-0.3, -0.25) is 9.59 Å². The van der Waals surface area contributed by atoms with Gasteiger partial charge in [0.25, 0.3) is 5.91 Å². The van der Waals surface area contributed by atoms with Crippen LogP contribution in [0, 0.1) is 0 Å². The largest absolute Gasteiger partial charge is 0.481 e. The molecule has 0 fully saturated rings. The van der Waals surface area contributed by atoms with Crippen LogP contribution in [0.25, 0.3) is 0 Å². The molecule has 1 N–H and O–H groups in total. The molecule has 0 radical (unpaired) electrons. The van der Waals surface area contributed by atoms with Gasteiger partial charge in [-0.05, 0) is 18.6 Å². The lowest BCUT2D eigenvalue weighted by atomic mass is 10.1. The first-order valence-electron chi connectivity index (χ1n) is 7.42. The van der Waals surface area contributed by atoms with Gasteiger partial charge in [-0.25, -0.2) is 0 Å². The number of carboxylic acids is 1. The minimum Gasteiger partial charge on any atom is -0.481 e. The van der Waals surface area contributed by atoms with Crippen LogP contribution in [0.15, 0.2) is 24.3 Å². The van der Waals surface area contributed by atoms with E-state index in [0.717, 1.165) is 31.4 Å². The van der Waals surface area contributed by atoms with Crippen molar-refractivity contribution < 1.29 is 19.4 Å². The van der Waals surface area contributed by atoms with Gasteiger partial charge in [-0.2, -0.15) is 0 Å². The van der Waals surface area contributed by atoms with Crippen LogP contribution in [0.1, 0.15) is 39.0 Å². The summed E-state index contributed by atoms with van der Waals surface area (Å²) in [5.74, 6) is -0.704. The predicted molar refractivity (Wildman–Crippen MR) is 79.6 cm³/mol. The second kappa shape index (κ2) is 7.11. The highest BCUT2D eigenvalue weighted by Crippen LogP contribution is 2.34. The van der Waals surface area contributed by atoms with E-state index in [1.165, 1.54) is 0 Å². The fraction of sp³-hybridized carbons (Fsp3) is 0.500. The lowest BCUT2D eigenvalue weighted by molar-refractivity contribution is -0.142. The molecule has 5 heteroatoms. The number of anilines is 1. The number of aliphatic carboxylic acids is 1. The lowest BCUT2D eigenvalue weighted by Gasteiger charge is -2.33. The second-order valence-electron chi connectivity index (χ2n) is 5.22. The first-order valence-corrected chi connectivity index (χ1v) is 7.42. The lowest BCUT2D eigenvalue weighted by Crippen LogP contribution is -2.47. The van der Waals surface area contributed by atoms with E-state index in [9.17, 15) is 9.59 Å². The van der Waals surface area contributed by atoms with Crippen LogP contribution in [-0.4, -0.2) is 29.6 Å². The van der Waals surface area contributed by atoms with Gasteiger partial charge in [0.1, 0.15) is 5.75 Å². The first kappa shape index (κ1) is 15.4. The number of amides is 1. The Kier molecular flexibility index (Phi) is 5.20. The molecule has 1 aromatic rings. The molecule has 1 aliphatic heterocycles. The average molecular weight is 291 g/mol. The minimum atomic E-state index is -1.03. The molecule has 0 saturated heterocycles. The van der Waals surface area contributed by atoms with Gasteiger partial charge in [0.05, 0.1) is 12.1 Å². The number of carbonyl (C=O) groups is 2. The van der Waals surface area contributed by atoms with Crippen LogP contribution >= 0.6 is 0 Å². The third-order valence-corrected chi connectivity index (χ3v) is 3.56. The van der Waals surface area contributed by atoms with Gasteiger partial charge < -0.3 is 14.7 Å². The second-order valence-corrected chi connectivity index (χ2v) is 5.22. The summed E-state index contributed by atoms with van der Waals surface area (Å²) in [6.45, 7) is 2.74. The van der Waals surface area contributed by atoms with E-state index < -0.39 is 12.1 Å². The van der Waals surface area contributed by atoms with Crippen molar-refractivity contribution in [1.29, 1.82) is 0 Å². The van der Waals surface area contributed by atoms with Gasteiger partial charge in [-0.15, -0.1) is 0 Å². The monoisotopic (exact) mass is 291 g/mol. The molecule has 1 heterocycles. The van der Waals surface area contributed by atoms with Gasteiger partial charge in [0.15, 0.2) is 6.10 Å². The van der Waals surface area contributed by atoms with Crippen molar-refractivity contribution in [2.75, 3.05) is 11.4 Å². The van der Waals surface area contributed by atoms with Crippen molar-refractivity contribution in [2.24, 2.45) is 0 Å². The summed E-state index contributed by atoms with van der Waals surface area (Å²) >= 11 is 0. The normalized spacial score (nSPS) is 17.3. The SMILES string of the molecule is CCCCCCN1C(=O)C(CC(=O)O)Oc2ccccc21. The number of unbranched alkanes of at least 4 members (excludes halogenated alkanes) is 3. The number of para-hydroxylation sites is 2. The minimum absolute atomic E-state index is 0.257. The average Bonchev–Trinajstić information content (AvgIpc) is 2.46. The molecule has 1 unspecified atom stereocenters. The zero-order chi connectivity index (χ0) is 15.2. The fourth-order valence-electron chi connectivity index (χ4n) is 2.49. The molecule has 0 aromatic heterocycles. The molecule has 1 aromatic carbocycles. The maximum absolute atomic E-state index is 12.4. The highest BCUT2D eigenvalue weighted by Gasteiger charge is 2.35. The molecular formula is C16H21NO4. The van der Waals surface area contributed by atoms with Crippen molar-refractivity contribution in [2.45, 2.75) is 45.1 Å². The Morgan fingerprint density at radius 3 is 2.76 bits per heavy atom. The van der Waals surface area contributed by atoms with Crippen LogP contribution < -0.4 is 9.64 Å². The Morgan fingerprint density at radius 1 is 1.29 bits per heavy atom. The molecule has 0 spiro atoms. The van der Waals surface area contributed by atoms with Crippen molar-refractivity contribution >= 4 is 17.6 Å². The van der Waals surface area contributed by atoms with Crippen LogP contribution in [0.5, 0.6) is 5.75 Å². The smallest absolute Gasteiger partial charge is 0.307 e. The third kappa shape index (κ3) is 3.74. The quantitative estimate of drug-likeness (QED) is 0.784. The molecule has 21 heavy (non-hydrogen) atoms. The Morgan fingerprint density at radius 2 is 2.05 bits per heavy atom. The van der Waals surface area contributed by atoms with Crippen LogP contribution in [0.4, 0.5) is 5.69 Å². The topological polar surface area (TPSA) is 66.8 Å². The van der Waals surface area contributed by atoms with Gasteiger partial charge >= 0.3 is 5.97 Å². The molecule has 1 amide bonds. The summed E-state index contributed by atoms with van der Waals surface area (Å²) in [7, 11) is 0. The molecule has 5 nitrogen and oxygen atoms in total. The van der Waals surface area contributed by atoms with E-state index >= 15 is 0 Å². The molecule has 2 rings (SSSR count). The van der Waals surface area contributed by atoms with Crippen molar-refractivity contribution in [3.05, 3.63) is 24.3 Å². The highest BCUT2D eigenvalue weighted by molar-refractivity contribution is 6.01. The molecule has 0 saturated carbocycles. The van der Waals surface area contributed by atoms with Crippen LogP contribution in [0.2, 0.25) is 0 Å². The molecule has 0 bridgehead atoms. The number of carbonyl (C=O) groups excluding carboxylic acids is 1. The summed E-state index contributed by atoms with van der Waals surface area (Å²) < 4.78 is 5.54. The number of hydrogen-bond donors (Lipinski definition) is 1. The number of fused-ring (bicyclic) bond motifs is 1. The van der Waals surface area contributed by atoms with E-state index in [4.69, 9.17) is 9.84 Å². The summed E-state index contributed by atoms with van der Waals surface area (Å²) in [6, 6.07) is 7.29. The number of benzene rings is 1. The Balaban J connectivity index is 2.15. The predicted octanol–water partition coefficient (Wildman–Crippen LogP) is 2.84. The standard InChI is InChI=1S/C16H21NO4/c1-2-3-4-7-10-17-12-8-5-6-9-13(12)21-14(16(17)20)11-15(18)19/h5-6,8-9,14H,2-4,7,10-11H2,1H3,(H,18,19). The number of hydrogen-bond acceptors (Lipinski definition) is 3. The Bertz CT molecular complexity index is 515. The van der Waals surface area contributed by atoms with Gasteiger partial charge in [0.2, 0.25) is 0 Å². The van der Waals surface area contributed by atoms with E-state index in [1.807, 2.05) is 18.2 Å². The first-order chi connectivity index (χ1) is 10.1. The van der Waals surface area contributed by atoms with E-state index in [-0.39, 0.29) is 12.3 Å².